The smallest absolute Gasteiger partial charge is 0.171 e. The molecule has 0 aromatic heterocycles. The summed E-state index contributed by atoms with van der Waals surface area (Å²) in [6.45, 7) is 1.75. The van der Waals surface area contributed by atoms with Crippen LogP contribution in [0.5, 0.6) is 5.75 Å². The molecule has 0 spiro atoms. The number of phenols is 1. The highest BCUT2D eigenvalue weighted by Gasteiger charge is 2.17. The molecular formula is C13H16Cl2N2OS. The highest BCUT2D eigenvalue weighted by molar-refractivity contribution is 7.80. The second-order valence-electron chi connectivity index (χ2n) is 4.77. The predicted molar refractivity (Wildman–Crippen MR) is 84.5 cm³/mol. The molecule has 6 heteroatoms. The molecule has 1 aromatic rings. The van der Waals surface area contributed by atoms with Gasteiger partial charge in [-0.05, 0) is 43.6 Å². The fourth-order valence-corrected chi connectivity index (χ4v) is 2.95. The van der Waals surface area contributed by atoms with Gasteiger partial charge < -0.3 is 15.7 Å². The van der Waals surface area contributed by atoms with Crippen molar-refractivity contribution in [2.75, 3.05) is 5.32 Å². The van der Waals surface area contributed by atoms with Crippen molar-refractivity contribution in [1.29, 1.82) is 0 Å². The molecule has 19 heavy (non-hydrogen) atoms. The van der Waals surface area contributed by atoms with E-state index in [1.165, 1.54) is 12.8 Å². The van der Waals surface area contributed by atoms with Gasteiger partial charge in [-0.3, -0.25) is 0 Å². The number of hydrogen-bond acceptors (Lipinski definition) is 2. The predicted octanol–water partition coefficient (Wildman–Crippen LogP) is 4.24. The van der Waals surface area contributed by atoms with Gasteiger partial charge >= 0.3 is 0 Å². The first-order chi connectivity index (χ1) is 8.99. The molecule has 1 aliphatic rings. The molecule has 0 atom stereocenters. The van der Waals surface area contributed by atoms with Gasteiger partial charge in [0.1, 0.15) is 0 Å². The third-order valence-electron chi connectivity index (χ3n) is 3.36. The molecule has 0 heterocycles. The van der Waals surface area contributed by atoms with Gasteiger partial charge in [0, 0.05) is 11.1 Å². The number of nitrogens with one attached hydrogen (secondary N) is 2. The molecule has 1 saturated carbocycles. The molecule has 0 bridgehead atoms. The zero-order valence-electron chi connectivity index (χ0n) is 10.6. The third kappa shape index (κ3) is 3.44. The summed E-state index contributed by atoms with van der Waals surface area (Å²) < 4.78 is 0. The van der Waals surface area contributed by atoms with Crippen LogP contribution in [0.4, 0.5) is 5.69 Å². The first-order valence-electron chi connectivity index (χ1n) is 6.24. The van der Waals surface area contributed by atoms with Crippen LogP contribution in [0, 0.1) is 6.92 Å². The molecule has 1 fully saturated rings. The minimum Gasteiger partial charge on any atom is -0.504 e. The van der Waals surface area contributed by atoms with Gasteiger partial charge in [-0.15, -0.1) is 0 Å². The molecule has 1 aliphatic carbocycles. The molecule has 0 radical (unpaired) electrons. The number of phenolic OH excluding ortho intramolecular Hbond substituents is 1. The minimum absolute atomic E-state index is 0.0286. The zero-order valence-corrected chi connectivity index (χ0v) is 12.9. The zero-order chi connectivity index (χ0) is 14.0. The normalized spacial score (nSPS) is 15.5. The summed E-state index contributed by atoms with van der Waals surface area (Å²) in [7, 11) is 0. The maximum absolute atomic E-state index is 9.97. The fourth-order valence-electron chi connectivity index (χ4n) is 2.21. The lowest BCUT2D eigenvalue weighted by molar-refractivity contribution is 0.477. The van der Waals surface area contributed by atoms with E-state index in [2.05, 4.69) is 10.6 Å². The van der Waals surface area contributed by atoms with E-state index < -0.39 is 0 Å². The second-order valence-corrected chi connectivity index (χ2v) is 5.97. The molecule has 104 valence electrons. The Kier molecular flexibility index (Phi) is 4.76. The van der Waals surface area contributed by atoms with Gasteiger partial charge in [0.15, 0.2) is 10.9 Å². The van der Waals surface area contributed by atoms with Crippen LogP contribution in [0.15, 0.2) is 6.07 Å². The number of rotatable bonds is 2. The largest absolute Gasteiger partial charge is 0.504 e. The Morgan fingerprint density at radius 1 is 1.37 bits per heavy atom. The molecule has 0 aliphatic heterocycles. The summed E-state index contributed by atoms with van der Waals surface area (Å²) in [6.07, 6.45) is 4.72. The number of benzene rings is 1. The molecule has 3 N–H and O–H groups in total. The van der Waals surface area contributed by atoms with Crippen molar-refractivity contribution >= 4 is 46.2 Å². The van der Waals surface area contributed by atoms with E-state index in [-0.39, 0.29) is 10.8 Å². The van der Waals surface area contributed by atoms with E-state index in [4.69, 9.17) is 35.4 Å². The Hall–Kier alpha value is -0.710. The third-order valence-corrected chi connectivity index (χ3v) is 4.44. The van der Waals surface area contributed by atoms with Gasteiger partial charge in [-0.1, -0.05) is 36.0 Å². The number of aromatic hydroxyl groups is 1. The van der Waals surface area contributed by atoms with Crippen LogP contribution in [0.3, 0.4) is 0 Å². The van der Waals surface area contributed by atoms with Crippen LogP contribution >= 0.6 is 35.4 Å². The number of hydrogen-bond donors (Lipinski definition) is 3. The molecule has 1 aromatic carbocycles. The van der Waals surface area contributed by atoms with E-state index >= 15 is 0 Å². The van der Waals surface area contributed by atoms with E-state index in [0.717, 1.165) is 12.8 Å². The topological polar surface area (TPSA) is 44.3 Å². The van der Waals surface area contributed by atoms with Crippen LogP contribution < -0.4 is 10.6 Å². The van der Waals surface area contributed by atoms with Crippen molar-refractivity contribution in [3.8, 4) is 5.75 Å². The van der Waals surface area contributed by atoms with Gasteiger partial charge in [-0.2, -0.15) is 0 Å². The monoisotopic (exact) mass is 318 g/mol. The van der Waals surface area contributed by atoms with Crippen LogP contribution in [0.2, 0.25) is 10.0 Å². The highest BCUT2D eigenvalue weighted by Crippen LogP contribution is 2.38. The van der Waals surface area contributed by atoms with Gasteiger partial charge in [0.05, 0.1) is 10.7 Å². The average molecular weight is 319 g/mol. The van der Waals surface area contributed by atoms with Crippen molar-refractivity contribution in [3.63, 3.8) is 0 Å². The Labute approximate surface area is 128 Å². The van der Waals surface area contributed by atoms with Gasteiger partial charge in [0.2, 0.25) is 0 Å². The van der Waals surface area contributed by atoms with Gasteiger partial charge in [0.25, 0.3) is 0 Å². The van der Waals surface area contributed by atoms with Crippen LogP contribution in [-0.4, -0.2) is 16.3 Å². The minimum atomic E-state index is -0.0286. The summed E-state index contributed by atoms with van der Waals surface area (Å²) >= 11 is 17.3. The maximum atomic E-state index is 9.97. The Bertz CT molecular complexity index is 502. The number of thiocarbonyl (C=S) groups is 1. The van der Waals surface area contributed by atoms with Crippen molar-refractivity contribution in [2.24, 2.45) is 0 Å². The van der Waals surface area contributed by atoms with Crippen molar-refractivity contribution in [3.05, 3.63) is 21.7 Å². The van der Waals surface area contributed by atoms with Gasteiger partial charge in [-0.25, -0.2) is 0 Å². The maximum Gasteiger partial charge on any atom is 0.171 e. The summed E-state index contributed by atoms with van der Waals surface area (Å²) in [4.78, 5) is 0. The second kappa shape index (κ2) is 6.16. The Balaban J connectivity index is 2.08. The first kappa shape index (κ1) is 14.7. The average Bonchev–Trinajstić information content (AvgIpc) is 2.86. The summed E-state index contributed by atoms with van der Waals surface area (Å²) in [6, 6.07) is 2.04. The first-order valence-corrected chi connectivity index (χ1v) is 7.40. The molecule has 0 unspecified atom stereocenters. The van der Waals surface area contributed by atoms with Crippen LogP contribution in [0.25, 0.3) is 0 Å². The van der Waals surface area contributed by atoms with Crippen molar-refractivity contribution < 1.29 is 5.11 Å². The molecule has 3 nitrogen and oxygen atoms in total. The highest BCUT2D eigenvalue weighted by atomic mass is 35.5. The molecular weight excluding hydrogens is 303 g/mol. The molecule has 0 amide bonds. The van der Waals surface area contributed by atoms with E-state index in [0.29, 0.717) is 27.4 Å². The lowest BCUT2D eigenvalue weighted by atomic mass is 10.2. The molecule has 0 saturated heterocycles. The quantitative estimate of drug-likeness (QED) is 0.564. The number of anilines is 1. The summed E-state index contributed by atoms with van der Waals surface area (Å²) in [5.74, 6) is -0.0286. The lowest BCUT2D eigenvalue weighted by Crippen LogP contribution is -2.35. The fraction of sp³-hybridized carbons (Fsp3) is 0.462. The SMILES string of the molecule is Cc1c(Cl)cc(NC(=S)NC2CCCC2)c(O)c1Cl. The molecule has 2 rings (SSSR count). The summed E-state index contributed by atoms with van der Waals surface area (Å²) in [5, 5.41) is 17.4. The van der Waals surface area contributed by atoms with Crippen molar-refractivity contribution in [1.82, 2.24) is 5.32 Å². The van der Waals surface area contributed by atoms with E-state index in [1.54, 1.807) is 13.0 Å². The lowest BCUT2D eigenvalue weighted by Gasteiger charge is -2.17. The van der Waals surface area contributed by atoms with E-state index in [9.17, 15) is 5.11 Å². The van der Waals surface area contributed by atoms with Crippen LogP contribution in [0.1, 0.15) is 31.2 Å². The Morgan fingerprint density at radius 3 is 2.63 bits per heavy atom. The van der Waals surface area contributed by atoms with E-state index in [1.807, 2.05) is 0 Å². The summed E-state index contributed by atoms with van der Waals surface area (Å²) in [5.41, 5.74) is 1.08. The van der Waals surface area contributed by atoms with Crippen molar-refractivity contribution in [2.45, 2.75) is 38.6 Å². The Morgan fingerprint density at radius 2 is 2.00 bits per heavy atom. The van der Waals surface area contributed by atoms with Crippen LogP contribution in [-0.2, 0) is 0 Å². The standard InChI is InChI=1S/C13H16Cl2N2OS/c1-7-9(14)6-10(12(18)11(7)15)17-13(19)16-8-4-2-3-5-8/h6,8,18H,2-5H2,1H3,(H2,16,17,19). The number of halogens is 2.